The van der Waals surface area contributed by atoms with Crippen LogP contribution >= 0.6 is 0 Å². The van der Waals surface area contributed by atoms with Crippen LogP contribution in [0.25, 0.3) is 0 Å². The van der Waals surface area contributed by atoms with Crippen molar-refractivity contribution in [2.45, 2.75) is 26.2 Å². The van der Waals surface area contributed by atoms with Gasteiger partial charge in [0.1, 0.15) is 11.8 Å². The van der Waals surface area contributed by atoms with E-state index in [1.165, 1.54) is 0 Å². The summed E-state index contributed by atoms with van der Waals surface area (Å²) in [5.74, 6) is -0.688. The molecule has 0 bridgehead atoms. The van der Waals surface area contributed by atoms with Crippen molar-refractivity contribution in [2.75, 3.05) is 0 Å². The Kier molecular flexibility index (Phi) is 4.01. The van der Waals surface area contributed by atoms with E-state index in [-0.39, 0.29) is 18.3 Å². The Morgan fingerprint density at radius 2 is 2.31 bits per heavy atom. The Morgan fingerprint density at radius 1 is 1.62 bits per heavy atom. The van der Waals surface area contributed by atoms with Gasteiger partial charge in [0, 0.05) is 6.20 Å². The van der Waals surface area contributed by atoms with E-state index in [2.05, 4.69) is 4.98 Å². The summed E-state index contributed by atoms with van der Waals surface area (Å²) in [4.78, 5) is 14.6. The van der Waals surface area contributed by atoms with Gasteiger partial charge in [0.2, 0.25) is 0 Å². The number of nitriles is 1. The molecule has 1 rings (SSSR count). The van der Waals surface area contributed by atoms with Crippen LogP contribution < -0.4 is 0 Å². The number of aromatic nitrogens is 1. The molecule has 0 amide bonds. The van der Waals surface area contributed by atoms with E-state index in [0.29, 0.717) is 5.69 Å². The molecule has 0 aromatic carbocycles. The van der Waals surface area contributed by atoms with Gasteiger partial charge in [0.25, 0.3) is 0 Å². The largest absolute Gasteiger partial charge is 0.481 e. The Hall–Kier alpha value is -1.89. The lowest BCUT2D eigenvalue weighted by atomic mass is 9.86. The molecule has 1 N–H and O–H groups in total. The van der Waals surface area contributed by atoms with Gasteiger partial charge in [-0.25, -0.2) is 4.98 Å². The molecule has 0 saturated heterocycles. The molecule has 1 unspecified atom stereocenters. The topological polar surface area (TPSA) is 74.0 Å². The van der Waals surface area contributed by atoms with Crippen molar-refractivity contribution < 1.29 is 9.90 Å². The number of carboxylic acid groups (broad SMARTS) is 1. The summed E-state index contributed by atoms with van der Waals surface area (Å²) in [5.41, 5.74) is 1.19. The summed E-state index contributed by atoms with van der Waals surface area (Å²) in [6, 6.07) is 5.39. The van der Waals surface area contributed by atoms with Crippen LogP contribution in [0.4, 0.5) is 0 Å². The fourth-order valence-electron chi connectivity index (χ4n) is 1.67. The maximum atomic E-state index is 10.8. The molecule has 0 saturated carbocycles. The third-order valence-corrected chi connectivity index (χ3v) is 2.53. The van der Waals surface area contributed by atoms with E-state index in [1.807, 2.05) is 19.9 Å². The molecule has 1 atom stereocenters. The maximum Gasteiger partial charge on any atom is 0.303 e. The zero-order chi connectivity index (χ0) is 12.1. The SMILES string of the molecule is CC(C)C(CC(=O)O)c1ccnc(C#N)c1. The van der Waals surface area contributed by atoms with Gasteiger partial charge in [0.15, 0.2) is 0 Å². The van der Waals surface area contributed by atoms with E-state index >= 15 is 0 Å². The number of hydrogen-bond acceptors (Lipinski definition) is 3. The molecule has 84 valence electrons. The minimum atomic E-state index is -0.825. The average molecular weight is 218 g/mol. The Balaban J connectivity index is 3.01. The number of carboxylic acids is 1. The summed E-state index contributed by atoms with van der Waals surface area (Å²) < 4.78 is 0. The van der Waals surface area contributed by atoms with Crippen LogP contribution in [0.3, 0.4) is 0 Å². The van der Waals surface area contributed by atoms with E-state index < -0.39 is 5.97 Å². The van der Waals surface area contributed by atoms with Crippen LogP contribution in [-0.2, 0) is 4.79 Å². The number of nitrogens with zero attached hydrogens (tertiary/aromatic N) is 2. The fraction of sp³-hybridized carbons (Fsp3) is 0.417. The van der Waals surface area contributed by atoms with Crippen LogP contribution in [0.5, 0.6) is 0 Å². The first-order valence-corrected chi connectivity index (χ1v) is 5.12. The number of aliphatic carboxylic acids is 1. The zero-order valence-corrected chi connectivity index (χ0v) is 9.34. The molecule has 16 heavy (non-hydrogen) atoms. The molecular weight excluding hydrogens is 204 g/mol. The zero-order valence-electron chi connectivity index (χ0n) is 9.34. The van der Waals surface area contributed by atoms with Crippen molar-refractivity contribution >= 4 is 5.97 Å². The summed E-state index contributed by atoms with van der Waals surface area (Å²) in [6.45, 7) is 3.94. The van der Waals surface area contributed by atoms with Crippen molar-refractivity contribution in [1.29, 1.82) is 5.26 Å². The van der Waals surface area contributed by atoms with Crippen molar-refractivity contribution in [3.63, 3.8) is 0 Å². The first kappa shape index (κ1) is 12.2. The summed E-state index contributed by atoms with van der Waals surface area (Å²) in [5, 5.41) is 17.6. The molecule has 1 aromatic rings. The summed E-state index contributed by atoms with van der Waals surface area (Å²) in [6.07, 6.45) is 1.62. The van der Waals surface area contributed by atoms with Gasteiger partial charge in [-0.05, 0) is 29.5 Å². The third-order valence-electron chi connectivity index (χ3n) is 2.53. The Bertz CT molecular complexity index is 421. The van der Waals surface area contributed by atoms with Crippen molar-refractivity contribution in [3.05, 3.63) is 29.6 Å². The van der Waals surface area contributed by atoms with Crippen LogP contribution in [-0.4, -0.2) is 16.1 Å². The second-order valence-corrected chi connectivity index (χ2v) is 4.03. The van der Waals surface area contributed by atoms with Crippen molar-refractivity contribution in [2.24, 2.45) is 5.92 Å². The number of pyridine rings is 1. The molecule has 0 aliphatic carbocycles. The molecule has 1 aromatic heterocycles. The molecule has 4 nitrogen and oxygen atoms in total. The molecule has 0 aliphatic heterocycles. The van der Waals surface area contributed by atoms with Gasteiger partial charge in [0.05, 0.1) is 6.42 Å². The number of carbonyl (C=O) groups is 1. The second-order valence-electron chi connectivity index (χ2n) is 4.03. The first-order valence-electron chi connectivity index (χ1n) is 5.12. The molecule has 0 fully saturated rings. The lowest BCUT2D eigenvalue weighted by molar-refractivity contribution is -0.137. The van der Waals surface area contributed by atoms with E-state index in [4.69, 9.17) is 10.4 Å². The number of rotatable bonds is 4. The molecule has 0 spiro atoms. The molecule has 1 heterocycles. The van der Waals surface area contributed by atoms with Crippen LogP contribution in [0.1, 0.15) is 37.4 Å². The second kappa shape index (κ2) is 5.26. The van der Waals surface area contributed by atoms with Gasteiger partial charge >= 0.3 is 5.97 Å². The fourth-order valence-corrected chi connectivity index (χ4v) is 1.67. The van der Waals surface area contributed by atoms with Crippen LogP contribution in [0.2, 0.25) is 0 Å². The highest BCUT2D eigenvalue weighted by Crippen LogP contribution is 2.27. The third kappa shape index (κ3) is 3.06. The lowest BCUT2D eigenvalue weighted by Gasteiger charge is -2.19. The monoisotopic (exact) mass is 218 g/mol. The summed E-state index contributed by atoms with van der Waals surface area (Å²) >= 11 is 0. The quantitative estimate of drug-likeness (QED) is 0.840. The normalized spacial score (nSPS) is 12.1. The molecule has 4 heteroatoms. The van der Waals surface area contributed by atoms with Gasteiger partial charge in [-0.1, -0.05) is 13.8 Å². The predicted octanol–water partition coefficient (Wildman–Crippen LogP) is 2.17. The Morgan fingerprint density at radius 3 is 2.81 bits per heavy atom. The summed E-state index contributed by atoms with van der Waals surface area (Å²) in [7, 11) is 0. The number of hydrogen-bond donors (Lipinski definition) is 1. The van der Waals surface area contributed by atoms with Gasteiger partial charge in [-0.15, -0.1) is 0 Å². The predicted molar refractivity (Wildman–Crippen MR) is 58.8 cm³/mol. The van der Waals surface area contributed by atoms with E-state index in [0.717, 1.165) is 5.56 Å². The minimum Gasteiger partial charge on any atom is -0.481 e. The minimum absolute atomic E-state index is 0.0759. The van der Waals surface area contributed by atoms with Crippen molar-refractivity contribution in [3.8, 4) is 6.07 Å². The van der Waals surface area contributed by atoms with Crippen LogP contribution in [0.15, 0.2) is 18.3 Å². The van der Waals surface area contributed by atoms with E-state index in [9.17, 15) is 4.79 Å². The lowest BCUT2D eigenvalue weighted by Crippen LogP contribution is -2.12. The highest BCUT2D eigenvalue weighted by Gasteiger charge is 2.19. The van der Waals surface area contributed by atoms with Gasteiger partial charge in [-0.2, -0.15) is 5.26 Å². The first-order chi connectivity index (χ1) is 7.54. The average Bonchev–Trinajstić information content (AvgIpc) is 2.25. The van der Waals surface area contributed by atoms with E-state index in [1.54, 1.807) is 18.3 Å². The molecular formula is C12H14N2O2. The highest BCUT2D eigenvalue weighted by atomic mass is 16.4. The Labute approximate surface area is 94.6 Å². The molecule has 0 aliphatic rings. The standard InChI is InChI=1S/C12H14N2O2/c1-8(2)11(6-12(15)16)9-3-4-14-10(5-9)7-13/h3-5,8,11H,6H2,1-2H3,(H,15,16). The maximum absolute atomic E-state index is 10.8. The molecule has 0 radical (unpaired) electrons. The van der Waals surface area contributed by atoms with Crippen LogP contribution in [0, 0.1) is 17.2 Å². The van der Waals surface area contributed by atoms with Gasteiger partial charge in [-0.3, -0.25) is 4.79 Å². The van der Waals surface area contributed by atoms with Crippen molar-refractivity contribution in [1.82, 2.24) is 4.98 Å². The highest BCUT2D eigenvalue weighted by molar-refractivity contribution is 5.68. The smallest absolute Gasteiger partial charge is 0.303 e. The van der Waals surface area contributed by atoms with Gasteiger partial charge < -0.3 is 5.11 Å².